The lowest BCUT2D eigenvalue weighted by atomic mass is 10.3. The molecular formula is C8H6F3N2O+. The van der Waals surface area contributed by atoms with E-state index in [4.69, 9.17) is 5.11 Å². The van der Waals surface area contributed by atoms with Gasteiger partial charge in [0, 0.05) is 12.1 Å². The van der Waals surface area contributed by atoms with Crippen molar-refractivity contribution in [2.24, 2.45) is 5.10 Å². The van der Waals surface area contributed by atoms with Gasteiger partial charge in [-0.15, -0.1) is 13.2 Å². The quantitative estimate of drug-likeness (QED) is 0.550. The molecule has 0 saturated heterocycles. The first-order valence-corrected chi connectivity index (χ1v) is 3.78. The molecule has 1 atom stereocenters. The largest absolute Gasteiger partial charge is 0.598 e. The van der Waals surface area contributed by atoms with Crippen LogP contribution in [0.15, 0.2) is 29.4 Å². The summed E-state index contributed by atoms with van der Waals surface area (Å²) < 4.78 is 35.9. The summed E-state index contributed by atoms with van der Waals surface area (Å²) >= 11 is 0. The number of alkyl halides is 3. The van der Waals surface area contributed by atoms with Crippen molar-refractivity contribution in [3.05, 3.63) is 24.3 Å². The van der Waals surface area contributed by atoms with Gasteiger partial charge in [-0.3, -0.25) is 0 Å². The molecule has 0 aliphatic carbocycles. The number of phenolic OH excluding ortho intramolecular Hbond substituents is 1. The molecule has 3 nitrogen and oxygen atoms in total. The van der Waals surface area contributed by atoms with Crippen LogP contribution in [0.1, 0.15) is 0 Å². The lowest BCUT2D eigenvalue weighted by Gasteiger charge is -2.15. The molecule has 0 amide bonds. The van der Waals surface area contributed by atoms with Crippen molar-refractivity contribution in [1.82, 2.24) is 4.59 Å². The third-order valence-electron chi connectivity index (χ3n) is 1.96. The zero-order valence-corrected chi connectivity index (χ0v) is 6.86. The van der Waals surface area contributed by atoms with Gasteiger partial charge in [0.1, 0.15) is 5.75 Å². The van der Waals surface area contributed by atoms with Gasteiger partial charge >= 0.3 is 6.30 Å². The summed E-state index contributed by atoms with van der Waals surface area (Å²) in [5, 5.41) is 12.2. The van der Waals surface area contributed by atoms with Crippen LogP contribution in [-0.2, 0) is 0 Å². The van der Waals surface area contributed by atoms with Crippen LogP contribution in [0.2, 0.25) is 0 Å². The van der Waals surface area contributed by atoms with Gasteiger partial charge in [-0.1, -0.05) is 6.07 Å². The monoisotopic (exact) mass is 203 g/mol. The van der Waals surface area contributed by atoms with Crippen LogP contribution < -0.4 is 4.59 Å². The van der Waals surface area contributed by atoms with Crippen molar-refractivity contribution in [2.45, 2.75) is 6.30 Å². The number of hydrogen-bond acceptors (Lipinski definition) is 2. The van der Waals surface area contributed by atoms with E-state index < -0.39 is 10.9 Å². The van der Waals surface area contributed by atoms with Crippen molar-refractivity contribution in [3.8, 4) is 5.75 Å². The molecule has 0 radical (unpaired) electrons. The molecule has 0 fully saturated rings. The second-order valence-corrected chi connectivity index (χ2v) is 2.90. The molecule has 0 saturated carbocycles. The van der Waals surface area contributed by atoms with Crippen molar-refractivity contribution < 1.29 is 18.3 Å². The Bertz CT molecular complexity index is 394. The fraction of sp³-hybridized carbons (Fsp3) is 0.125. The molecule has 1 aromatic carbocycles. The van der Waals surface area contributed by atoms with Crippen LogP contribution in [0.5, 0.6) is 5.75 Å². The van der Waals surface area contributed by atoms with E-state index in [-0.39, 0.29) is 11.4 Å². The number of nitrogens with zero attached hydrogens (tertiary/aromatic N) is 2. The fourth-order valence-electron chi connectivity index (χ4n) is 1.17. The number of rotatable bonds is 1. The highest BCUT2D eigenvalue weighted by atomic mass is 19.4. The average molecular weight is 203 g/mol. The molecule has 1 unspecified atom stereocenters. The van der Waals surface area contributed by atoms with E-state index in [1.165, 1.54) is 18.2 Å². The van der Waals surface area contributed by atoms with Crippen LogP contribution >= 0.6 is 0 Å². The second kappa shape index (κ2) is 2.48. The average Bonchev–Trinajstić information content (AvgIpc) is 2.82. The third-order valence-corrected chi connectivity index (χ3v) is 1.96. The minimum absolute atomic E-state index is 0.113. The Morgan fingerprint density at radius 3 is 2.36 bits per heavy atom. The smallest absolute Gasteiger partial charge is 0.508 e. The van der Waals surface area contributed by atoms with Gasteiger partial charge in [0.25, 0.3) is 6.34 Å². The number of phenols is 1. The standard InChI is InChI=1S/C8H5F3N2O/c9-8(10,11)13(5-12-13)6-2-1-3-7(14)4-6/h1-5H/p+1. The van der Waals surface area contributed by atoms with Gasteiger partial charge in [0.2, 0.25) is 0 Å². The topological polar surface area (TPSA) is 32.6 Å². The molecule has 14 heavy (non-hydrogen) atoms. The minimum Gasteiger partial charge on any atom is -0.508 e. The van der Waals surface area contributed by atoms with E-state index in [9.17, 15) is 13.2 Å². The number of hydrogen-bond donors (Lipinski definition) is 1. The first kappa shape index (κ1) is 9.01. The minimum atomic E-state index is -4.49. The number of quaternary nitrogens is 1. The number of aromatic hydroxyl groups is 1. The first-order valence-electron chi connectivity index (χ1n) is 3.78. The molecule has 1 heterocycles. The molecule has 2 rings (SSSR count). The summed E-state index contributed by atoms with van der Waals surface area (Å²) in [6.45, 7) is 0. The highest BCUT2D eigenvalue weighted by Gasteiger charge is 2.66. The normalized spacial score (nSPS) is 25.1. The van der Waals surface area contributed by atoms with Crippen molar-refractivity contribution in [1.29, 1.82) is 0 Å². The van der Waals surface area contributed by atoms with Gasteiger partial charge in [-0.25, -0.2) is 0 Å². The van der Waals surface area contributed by atoms with Crippen LogP contribution in [0.3, 0.4) is 0 Å². The lowest BCUT2D eigenvalue weighted by molar-refractivity contribution is -0.196. The van der Waals surface area contributed by atoms with Crippen LogP contribution in [0, 0.1) is 0 Å². The zero-order chi connectivity index (χ0) is 10.4. The van der Waals surface area contributed by atoms with Gasteiger partial charge in [0.15, 0.2) is 5.69 Å². The molecular weight excluding hydrogens is 197 g/mol. The van der Waals surface area contributed by atoms with Crippen LogP contribution in [-0.4, -0.2) is 17.7 Å². The maximum absolute atomic E-state index is 12.5. The van der Waals surface area contributed by atoms with Gasteiger partial charge < -0.3 is 5.11 Å². The molecule has 0 aromatic heterocycles. The molecule has 0 bridgehead atoms. The van der Waals surface area contributed by atoms with E-state index in [0.29, 0.717) is 0 Å². The zero-order valence-electron chi connectivity index (χ0n) is 6.86. The predicted octanol–water partition coefficient (Wildman–Crippen LogP) is 2.18. The van der Waals surface area contributed by atoms with Crippen molar-refractivity contribution in [3.63, 3.8) is 0 Å². The molecule has 1 aromatic rings. The van der Waals surface area contributed by atoms with Crippen molar-refractivity contribution >= 4 is 12.0 Å². The molecule has 6 heteroatoms. The molecule has 0 spiro atoms. The molecule has 1 aliphatic rings. The molecule has 74 valence electrons. The summed E-state index contributed by atoms with van der Waals surface area (Å²) in [5.74, 6) is -0.209. The SMILES string of the molecule is Oc1cccc([N+]2(C(F)(F)F)C=N2)c1. The van der Waals surface area contributed by atoms with Gasteiger partial charge in [0.05, 0.1) is 0 Å². The Hall–Kier alpha value is -1.56. The highest BCUT2D eigenvalue weighted by Crippen LogP contribution is 2.42. The fourth-order valence-corrected chi connectivity index (χ4v) is 1.17. The van der Waals surface area contributed by atoms with E-state index in [1.54, 1.807) is 0 Å². The maximum Gasteiger partial charge on any atom is 0.598 e. The Kier molecular flexibility index (Phi) is 1.59. The summed E-state index contributed by atoms with van der Waals surface area (Å²) in [7, 11) is 0. The highest BCUT2D eigenvalue weighted by molar-refractivity contribution is 5.84. The second-order valence-electron chi connectivity index (χ2n) is 2.90. The molecule has 1 N–H and O–H groups in total. The van der Waals surface area contributed by atoms with Crippen LogP contribution in [0.25, 0.3) is 0 Å². The molecule has 1 aliphatic heterocycles. The summed E-state index contributed by atoms with van der Waals surface area (Å²) in [6.07, 6.45) is -3.72. The van der Waals surface area contributed by atoms with Crippen LogP contribution in [0.4, 0.5) is 18.9 Å². The van der Waals surface area contributed by atoms with E-state index in [1.807, 2.05) is 0 Å². The summed E-state index contributed by atoms with van der Waals surface area (Å²) in [5.41, 5.74) is -0.113. The predicted molar refractivity (Wildman–Crippen MR) is 44.4 cm³/mol. The number of halogens is 3. The van der Waals surface area contributed by atoms with E-state index >= 15 is 0 Å². The third kappa shape index (κ3) is 1.15. The Labute approximate surface area is 77.3 Å². The lowest BCUT2D eigenvalue weighted by Crippen LogP contribution is -2.43. The summed E-state index contributed by atoms with van der Waals surface area (Å²) in [6, 6.07) is 4.96. The first-order chi connectivity index (χ1) is 6.46. The summed E-state index contributed by atoms with van der Waals surface area (Å²) in [4.78, 5) is 0. The van der Waals surface area contributed by atoms with Gasteiger partial charge in [-0.2, -0.15) is 0 Å². The van der Waals surface area contributed by atoms with E-state index in [2.05, 4.69) is 5.10 Å². The van der Waals surface area contributed by atoms with Crippen molar-refractivity contribution in [2.75, 3.05) is 0 Å². The Morgan fingerprint density at radius 2 is 1.93 bits per heavy atom. The Morgan fingerprint density at radius 1 is 1.29 bits per heavy atom. The Balaban J connectivity index is 2.41. The number of benzene rings is 1. The van der Waals surface area contributed by atoms with E-state index in [0.717, 1.165) is 12.4 Å². The maximum atomic E-state index is 12.5. The van der Waals surface area contributed by atoms with Gasteiger partial charge in [-0.05, 0) is 15.8 Å².